The Morgan fingerprint density at radius 2 is 2.22 bits per heavy atom. The van der Waals surface area contributed by atoms with Gasteiger partial charge in [0.05, 0.1) is 11.5 Å². The van der Waals surface area contributed by atoms with Gasteiger partial charge in [0.25, 0.3) is 5.69 Å². The Kier molecular flexibility index (Phi) is 3.52. The molecule has 2 N–H and O–H groups in total. The van der Waals surface area contributed by atoms with Crippen LogP contribution in [0.2, 0.25) is 0 Å². The molecule has 2 rings (SSSR count). The lowest BCUT2D eigenvalue weighted by molar-refractivity contribution is -0.384. The first-order valence-electron chi connectivity index (χ1n) is 5.53. The highest BCUT2D eigenvalue weighted by Crippen LogP contribution is 2.24. The molecule has 18 heavy (non-hydrogen) atoms. The van der Waals surface area contributed by atoms with E-state index < -0.39 is 16.6 Å². The quantitative estimate of drug-likeness (QED) is 0.614. The Morgan fingerprint density at radius 3 is 2.83 bits per heavy atom. The molecule has 1 amide bonds. The molecular weight excluding hydrogens is 241 g/mol. The number of hydrogen-bond donors (Lipinski definition) is 2. The van der Waals surface area contributed by atoms with Gasteiger partial charge in [-0.3, -0.25) is 14.9 Å². The molecule has 1 aromatic rings. The average molecular weight is 253 g/mol. The number of carbonyl (C=O) groups is 1. The van der Waals surface area contributed by atoms with Crippen LogP contribution in [-0.2, 0) is 4.79 Å². The highest BCUT2D eigenvalue weighted by Gasteiger charge is 2.22. The second-order valence-electron chi connectivity index (χ2n) is 4.12. The lowest BCUT2D eigenvalue weighted by Crippen LogP contribution is -2.29. The van der Waals surface area contributed by atoms with Crippen LogP contribution in [0.15, 0.2) is 18.2 Å². The number of anilines is 1. The number of nitro groups is 1. The van der Waals surface area contributed by atoms with Gasteiger partial charge in [-0.2, -0.15) is 0 Å². The van der Waals surface area contributed by atoms with Crippen molar-refractivity contribution in [1.29, 1.82) is 0 Å². The Morgan fingerprint density at radius 1 is 1.50 bits per heavy atom. The number of nitro benzene ring substituents is 1. The van der Waals surface area contributed by atoms with Gasteiger partial charge in [-0.15, -0.1) is 0 Å². The Hall–Kier alpha value is -2.02. The van der Waals surface area contributed by atoms with Crippen molar-refractivity contribution < 1.29 is 14.1 Å². The number of nitrogens with zero attached hydrogens (tertiary/aromatic N) is 1. The second-order valence-corrected chi connectivity index (χ2v) is 4.12. The molecule has 0 radical (unpaired) electrons. The number of benzene rings is 1. The maximum absolute atomic E-state index is 13.0. The molecule has 0 aliphatic heterocycles. The lowest BCUT2D eigenvalue weighted by atomic mass is 10.2. The topological polar surface area (TPSA) is 84.3 Å². The Labute approximate surface area is 102 Å². The second kappa shape index (κ2) is 5.09. The van der Waals surface area contributed by atoms with E-state index in [0.717, 1.165) is 31.0 Å². The molecule has 6 nitrogen and oxygen atoms in total. The smallest absolute Gasteiger partial charge is 0.292 e. The molecule has 0 aromatic heterocycles. The summed E-state index contributed by atoms with van der Waals surface area (Å²) in [7, 11) is 0. The molecule has 0 saturated heterocycles. The molecule has 0 atom stereocenters. The van der Waals surface area contributed by atoms with E-state index in [0.29, 0.717) is 6.04 Å². The Balaban J connectivity index is 2.03. The van der Waals surface area contributed by atoms with Crippen molar-refractivity contribution in [3.05, 3.63) is 34.1 Å². The molecule has 1 saturated carbocycles. The van der Waals surface area contributed by atoms with E-state index in [1.807, 2.05) is 0 Å². The summed E-state index contributed by atoms with van der Waals surface area (Å²) in [6.07, 6.45) is 2.07. The molecule has 0 bridgehead atoms. The van der Waals surface area contributed by atoms with Gasteiger partial charge >= 0.3 is 0 Å². The van der Waals surface area contributed by atoms with E-state index in [1.165, 1.54) is 0 Å². The first-order chi connectivity index (χ1) is 8.56. The highest BCUT2D eigenvalue weighted by molar-refractivity contribution is 5.94. The molecule has 1 aliphatic carbocycles. The predicted molar refractivity (Wildman–Crippen MR) is 62.7 cm³/mol. The van der Waals surface area contributed by atoms with Crippen molar-refractivity contribution in [1.82, 2.24) is 5.32 Å². The first kappa shape index (κ1) is 12.4. The minimum atomic E-state index is -0.663. The third-order valence-corrected chi connectivity index (χ3v) is 2.56. The maximum Gasteiger partial charge on any atom is 0.292 e. The van der Waals surface area contributed by atoms with E-state index >= 15 is 0 Å². The predicted octanol–water partition coefficient (Wildman–Crippen LogP) is 1.42. The van der Waals surface area contributed by atoms with Crippen LogP contribution >= 0.6 is 0 Å². The van der Waals surface area contributed by atoms with Crippen LogP contribution in [-0.4, -0.2) is 23.4 Å². The summed E-state index contributed by atoms with van der Waals surface area (Å²) >= 11 is 0. The van der Waals surface area contributed by atoms with Gasteiger partial charge in [0, 0.05) is 18.2 Å². The number of carbonyl (C=O) groups excluding carboxylic acids is 1. The minimum Gasteiger partial charge on any atom is -0.319 e. The van der Waals surface area contributed by atoms with Crippen molar-refractivity contribution in [3.63, 3.8) is 0 Å². The van der Waals surface area contributed by atoms with E-state index in [4.69, 9.17) is 0 Å². The zero-order valence-corrected chi connectivity index (χ0v) is 9.48. The van der Waals surface area contributed by atoms with Crippen LogP contribution in [0.1, 0.15) is 12.8 Å². The molecule has 0 spiro atoms. The van der Waals surface area contributed by atoms with Gasteiger partial charge in [0.2, 0.25) is 5.91 Å². The fourth-order valence-electron chi connectivity index (χ4n) is 1.49. The molecule has 0 heterocycles. The SMILES string of the molecule is O=C(CNC1CC1)Nc1cc(F)ccc1[N+](=O)[O-]. The average Bonchev–Trinajstić information content (AvgIpc) is 3.09. The monoisotopic (exact) mass is 253 g/mol. The minimum absolute atomic E-state index is 0.0678. The molecular formula is C11H12FN3O3. The van der Waals surface area contributed by atoms with Crippen molar-refractivity contribution in [2.75, 3.05) is 11.9 Å². The van der Waals surface area contributed by atoms with Crippen molar-refractivity contribution in [2.45, 2.75) is 18.9 Å². The summed E-state index contributed by atoms with van der Waals surface area (Å²) < 4.78 is 13.0. The third kappa shape index (κ3) is 3.24. The van der Waals surface area contributed by atoms with Gasteiger partial charge in [-0.25, -0.2) is 4.39 Å². The molecule has 96 valence electrons. The molecule has 1 aromatic carbocycles. The van der Waals surface area contributed by atoms with Gasteiger partial charge in [0.15, 0.2) is 0 Å². The van der Waals surface area contributed by atoms with Crippen LogP contribution in [0.25, 0.3) is 0 Å². The summed E-state index contributed by atoms with van der Waals surface area (Å²) in [4.78, 5) is 21.6. The number of rotatable bonds is 5. The van der Waals surface area contributed by atoms with E-state index in [2.05, 4.69) is 10.6 Å². The van der Waals surface area contributed by atoms with Gasteiger partial charge in [-0.1, -0.05) is 0 Å². The normalized spacial score (nSPS) is 14.3. The van der Waals surface area contributed by atoms with E-state index in [9.17, 15) is 19.3 Å². The van der Waals surface area contributed by atoms with Crippen LogP contribution in [0.4, 0.5) is 15.8 Å². The highest BCUT2D eigenvalue weighted by atomic mass is 19.1. The zero-order chi connectivity index (χ0) is 13.1. The summed E-state index contributed by atoms with van der Waals surface area (Å²) in [5.74, 6) is -1.05. The molecule has 1 aliphatic rings. The largest absolute Gasteiger partial charge is 0.319 e. The lowest BCUT2D eigenvalue weighted by Gasteiger charge is -2.06. The van der Waals surface area contributed by atoms with Crippen molar-refractivity contribution >= 4 is 17.3 Å². The molecule has 7 heteroatoms. The van der Waals surface area contributed by atoms with E-state index in [-0.39, 0.29) is 17.9 Å². The maximum atomic E-state index is 13.0. The fourth-order valence-corrected chi connectivity index (χ4v) is 1.49. The summed E-state index contributed by atoms with van der Waals surface area (Å²) in [5.41, 5.74) is -0.446. The van der Waals surface area contributed by atoms with Crippen molar-refractivity contribution in [3.8, 4) is 0 Å². The number of halogens is 1. The van der Waals surface area contributed by atoms with Crippen LogP contribution in [0.5, 0.6) is 0 Å². The zero-order valence-electron chi connectivity index (χ0n) is 9.48. The van der Waals surface area contributed by atoms with Gasteiger partial charge in [0.1, 0.15) is 11.5 Å². The summed E-state index contributed by atoms with van der Waals surface area (Å²) in [6.45, 7) is 0.0678. The fraction of sp³-hybridized carbons (Fsp3) is 0.364. The Bertz CT molecular complexity index is 488. The number of nitrogens with one attached hydrogen (secondary N) is 2. The van der Waals surface area contributed by atoms with Crippen molar-refractivity contribution in [2.24, 2.45) is 0 Å². The van der Waals surface area contributed by atoms with Gasteiger partial charge in [-0.05, 0) is 18.9 Å². The summed E-state index contributed by atoms with van der Waals surface area (Å²) in [5, 5.41) is 16.0. The number of hydrogen-bond acceptors (Lipinski definition) is 4. The number of amides is 1. The van der Waals surface area contributed by atoms with Crippen LogP contribution in [0, 0.1) is 15.9 Å². The molecule has 1 fully saturated rings. The third-order valence-electron chi connectivity index (χ3n) is 2.56. The van der Waals surface area contributed by atoms with E-state index in [1.54, 1.807) is 0 Å². The van der Waals surface area contributed by atoms with Crippen LogP contribution in [0.3, 0.4) is 0 Å². The van der Waals surface area contributed by atoms with Gasteiger partial charge < -0.3 is 10.6 Å². The summed E-state index contributed by atoms with van der Waals surface area (Å²) in [6, 6.07) is 3.31. The van der Waals surface area contributed by atoms with Crippen LogP contribution < -0.4 is 10.6 Å². The standard InChI is InChI=1S/C11H12FN3O3/c12-7-1-4-10(15(17)18)9(5-7)14-11(16)6-13-8-2-3-8/h1,4-5,8,13H,2-3,6H2,(H,14,16). The first-order valence-corrected chi connectivity index (χ1v) is 5.53. The molecule has 0 unspecified atom stereocenters.